The third-order valence-electron chi connectivity index (χ3n) is 3.09. The summed E-state index contributed by atoms with van der Waals surface area (Å²) in [7, 11) is 1.62. The lowest BCUT2D eigenvalue weighted by Gasteiger charge is -2.10. The molecule has 2 rings (SSSR count). The second-order valence-electron chi connectivity index (χ2n) is 5.40. The van der Waals surface area contributed by atoms with E-state index in [2.05, 4.69) is 10.3 Å². The first-order valence-electron chi connectivity index (χ1n) is 7.54. The van der Waals surface area contributed by atoms with Gasteiger partial charge in [0.15, 0.2) is 17.5 Å². The fourth-order valence-corrected chi connectivity index (χ4v) is 2.01. The molecule has 0 aliphatic heterocycles. The standard InChI is InChI=1S/C18H23N3O2/c1-13(2)21-18(19)20-12-14-8-10-15(11-9-14)23-17-7-5-4-6-16(17)22-3/h4-11,13H,12H2,1-3H3,(H3,19,20,21). The minimum atomic E-state index is 0.273. The van der Waals surface area contributed by atoms with Crippen LogP contribution in [0.15, 0.2) is 53.5 Å². The monoisotopic (exact) mass is 313 g/mol. The number of ether oxygens (including phenoxy) is 2. The zero-order valence-corrected chi connectivity index (χ0v) is 13.7. The maximum atomic E-state index is 5.84. The average molecular weight is 313 g/mol. The van der Waals surface area contributed by atoms with Crippen LogP contribution in [0.2, 0.25) is 0 Å². The highest BCUT2D eigenvalue weighted by molar-refractivity contribution is 5.78. The van der Waals surface area contributed by atoms with Crippen LogP contribution in [0, 0.1) is 0 Å². The molecule has 0 radical (unpaired) electrons. The van der Waals surface area contributed by atoms with Crippen molar-refractivity contribution in [1.82, 2.24) is 5.32 Å². The molecule has 0 aliphatic rings. The van der Waals surface area contributed by atoms with Gasteiger partial charge in [0, 0.05) is 6.04 Å². The summed E-state index contributed by atoms with van der Waals surface area (Å²) in [5.74, 6) is 2.59. The van der Waals surface area contributed by atoms with Crippen LogP contribution in [0.3, 0.4) is 0 Å². The molecule has 0 saturated carbocycles. The molecule has 0 aliphatic carbocycles. The van der Waals surface area contributed by atoms with Gasteiger partial charge in [-0.15, -0.1) is 0 Å². The van der Waals surface area contributed by atoms with E-state index in [-0.39, 0.29) is 6.04 Å². The molecule has 0 heterocycles. The second-order valence-corrected chi connectivity index (χ2v) is 5.40. The number of aliphatic imine (C=N–C) groups is 1. The van der Waals surface area contributed by atoms with Crippen molar-refractivity contribution >= 4 is 5.96 Å². The van der Waals surface area contributed by atoms with Crippen molar-refractivity contribution in [2.24, 2.45) is 10.7 Å². The predicted molar refractivity (Wildman–Crippen MR) is 93.1 cm³/mol. The second kappa shape index (κ2) is 8.08. The normalized spacial score (nSPS) is 11.4. The Bertz CT molecular complexity index is 652. The van der Waals surface area contributed by atoms with Crippen molar-refractivity contribution in [2.75, 3.05) is 7.11 Å². The lowest BCUT2D eigenvalue weighted by atomic mass is 10.2. The number of hydrogen-bond acceptors (Lipinski definition) is 3. The van der Waals surface area contributed by atoms with Crippen LogP contribution in [0.1, 0.15) is 19.4 Å². The Labute approximate surface area is 137 Å². The fraction of sp³-hybridized carbons (Fsp3) is 0.278. The summed E-state index contributed by atoms with van der Waals surface area (Å²) in [4.78, 5) is 4.30. The van der Waals surface area contributed by atoms with Gasteiger partial charge in [0.25, 0.3) is 0 Å². The van der Waals surface area contributed by atoms with E-state index in [1.807, 2.05) is 62.4 Å². The molecular formula is C18H23N3O2. The van der Waals surface area contributed by atoms with E-state index in [4.69, 9.17) is 15.2 Å². The predicted octanol–water partition coefficient (Wildman–Crippen LogP) is 3.30. The number of nitrogens with two attached hydrogens (primary N) is 1. The van der Waals surface area contributed by atoms with Crippen LogP contribution in [-0.4, -0.2) is 19.1 Å². The van der Waals surface area contributed by atoms with Gasteiger partial charge in [-0.05, 0) is 43.7 Å². The number of rotatable bonds is 6. The molecule has 122 valence electrons. The molecule has 0 spiro atoms. The third kappa shape index (κ3) is 5.21. The third-order valence-corrected chi connectivity index (χ3v) is 3.09. The molecule has 0 saturated heterocycles. The molecule has 5 nitrogen and oxygen atoms in total. The zero-order valence-electron chi connectivity index (χ0n) is 13.7. The van der Waals surface area contributed by atoms with Crippen LogP contribution in [0.4, 0.5) is 0 Å². The number of nitrogens with zero attached hydrogens (tertiary/aromatic N) is 1. The van der Waals surface area contributed by atoms with Gasteiger partial charge < -0.3 is 20.5 Å². The Morgan fingerprint density at radius 3 is 2.35 bits per heavy atom. The molecule has 0 aromatic heterocycles. The van der Waals surface area contributed by atoms with Crippen molar-refractivity contribution in [3.05, 3.63) is 54.1 Å². The highest BCUT2D eigenvalue weighted by Gasteiger charge is 2.04. The maximum absolute atomic E-state index is 5.84. The van der Waals surface area contributed by atoms with Gasteiger partial charge >= 0.3 is 0 Å². The first-order valence-corrected chi connectivity index (χ1v) is 7.54. The Morgan fingerprint density at radius 2 is 1.74 bits per heavy atom. The van der Waals surface area contributed by atoms with Gasteiger partial charge in [-0.25, -0.2) is 4.99 Å². The van der Waals surface area contributed by atoms with E-state index in [1.165, 1.54) is 0 Å². The number of methoxy groups -OCH3 is 1. The molecule has 0 amide bonds. The molecule has 0 unspecified atom stereocenters. The summed E-state index contributed by atoms with van der Waals surface area (Å²) < 4.78 is 11.1. The SMILES string of the molecule is COc1ccccc1Oc1ccc(CN=C(N)NC(C)C)cc1. The van der Waals surface area contributed by atoms with Crippen LogP contribution in [0.5, 0.6) is 17.2 Å². The van der Waals surface area contributed by atoms with Crippen LogP contribution in [-0.2, 0) is 6.54 Å². The van der Waals surface area contributed by atoms with Crippen LogP contribution < -0.4 is 20.5 Å². The summed E-state index contributed by atoms with van der Waals surface area (Å²) >= 11 is 0. The Balaban J connectivity index is 1.99. The van der Waals surface area contributed by atoms with E-state index >= 15 is 0 Å². The summed E-state index contributed by atoms with van der Waals surface area (Å²) in [6, 6.07) is 15.6. The molecule has 0 atom stereocenters. The van der Waals surface area contributed by atoms with E-state index < -0.39 is 0 Å². The first kappa shape index (κ1) is 16.7. The van der Waals surface area contributed by atoms with Gasteiger partial charge in [-0.3, -0.25) is 0 Å². The average Bonchev–Trinajstić information content (AvgIpc) is 2.54. The molecule has 0 fully saturated rings. The first-order chi connectivity index (χ1) is 11.1. The molecule has 2 aromatic carbocycles. The quantitative estimate of drug-likeness (QED) is 0.634. The summed E-state index contributed by atoms with van der Waals surface area (Å²) in [6.07, 6.45) is 0. The van der Waals surface area contributed by atoms with Crippen molar-refractivity contribution in [3.8, 4) is 17.2 Å². The van der Waals surface area contributed by atoms with Gasteiger partial charge in [0.05, 0.1) is 13.7 Å². The van der Waals surface area contributed by atoms with E-state index in [0.717, 1.165) is 11.3 Å². The van der Waals surface area contributed by atoms with Gasteiger partial charge in [0.1, 0.15) is 5.75 Å². The fourth-order valence-electron chi connectivity index (χ4n) is 2.01. The van der Waals surface area contributed by atoms with Crippen molar-refractivity contribution < 1.29 is 9.47 Å². The summed E-state index contributed by atoms with van der Waals surface area (Å²) in [6.45, 7) is 4.57. The van der Waals surface area contributed by atoms with Crippen molar-refractivity contribution in [3.63, 3.8) is 0 Å². The number of guanidine groups is 1. The topological polar surface area (TPSA) is 68.9 Å². The van der Waals surface area contributed by atoms with E-state index in [1.54, 1.807) is 7.11 Å². The Kier molecular flexibility index (Phi) is 5.86. The number of nitrogens with one attached hydrogen (secondary N) is 1. The number of para-hydroxylation sites is 2. The zero-order chi connectivity index (χ0) is 16.7. The van der Waals surface area contributed by atoms with Crippen molar-refractivity contribution in [1.29, 1.82) is 0 Å². The number of hydrogen-bond donors (Lipinski definition) is 2. The summed E-state index contributed by atoms with van der Waals surface area (Å²) in [5, 5.41) is 3.06. The Hall–Kier alpha value is -2.69. The van der Waals surface area contributed by atoms with Gasteiger partial charge in [-0.1, -0.05) is 24.3 Å². The molecule has 5 heteroatoms. The van der Waals surface area contributed by atoms with Crippen molar-refractivity contribution in [2.45, 2.75) is 26.4 Å². The van der Waals surface area contributed by atoms with Crippen LogP contribution >= 0.6 is 0 Å². The largest absolute Gasteiger partial charge is 0.493 e. The molecule has 2 aromatic rings. The highest BCUT2D eigenvalue weighted by Crippen LogP contribution is 2.30. The summed E-state index contributed by atoms with van der Waals surface area (Å²) in [5.41, 5.74) is 6.85. The molecular weight excluding hydrogens is 290 g/mol. The smallest absolute Gasteiger partial charge is 0.189 e. The van der Waals surface area contributed by atoms with Gasteiger partial charge in [0.2, 0.25) is 0 Å². The molecule has 3 N–H and O–H groups in total. The minimum absolute atomic E-state index is 0.273. The lowest BCUT2D eigenvalue weighted by Crippen LogP contribution is -2.36. The number of benzene rings is 2. The lowest BCUT2D eigenvalue weighted by molar-refractivity contribution is 0.379. The van der Waals surface area contributed by atoms with E-state index in [9.17, 15) is 0 Å². The van der Waals surface area contributed by atoms with E-state index in [0.29, 0.717) is 24.0 Å². The highest BCUT2D eigenvalue weighted by atomic mass is 16.5. The van der Waals surface area contributed by atoms with Crippen LogP contribution in [0.25, 0.3) is 0 Å². The maximum Gasteiger partial charge on any atom is 0.189 e. The molecule has 0 bridgehead atoms. The van der Waals surface area contributed by atoms with Gasteiger partial charge in [-0.2, -0.15) is 0 Å². The molecule has 23 heavy (non-hydrogen) atoms. The minimum Gasteiger partial charge on any atom is -0.493 e. The Morgan fingerprint density at radius 1 is 1.09 bits per heavy atom.